The number of amides is 3. The van der Waals surface area contributed by atoms with Gasteiger partial charge in [0.2, 0.25) is 10.0 Å². The lowest BCUT2D eigenvalue weighted by Crippen LogP contribution is -2.47. The topological polar surface area (TPSA) is 147 Å². The summed E-state index contributed by atoms with van der Waals surface area (Å²) in [5, 5.41) is 15.6. The van der Waals surface area contributed by atoms with Crippen molar-refractivity contribution < 1.29 is 37.3 Å². The normalized spacial score (nSPS) is 21.0. The van der Waals surface area contributed by atoms with Gasteiger partial charge in [0.15, 0.2) is 0 Å². The predicted molar refractivity (Wildman–Crippen MR) is 170 cm³/mol. The molecule has 1 heterocycles. The highest BCUT2D eigenvalue weighted by Gasteiger charge is 2.31. The van der Waals surface area contributed by atoms with Crippen LogP contribution in [0.2, 0.25) is 0 Å². The fourth-order valence-electron chi connectivity index (χ4n) is 4.82. The summed E-state index contributed by atoms with van der Waals surface area (Å²) in [6.07, 6.45) is 2.73. The number of ether oxygens (including phenoxy) is 3. The number of urea groups is 1. The maximum atomic E-state index is 14.2. The Hall–Kier alpha value is -3.39. The lowest BCUT2D eigenvalue weighted by Gasteiger charge is -2.35. The van der Waals surface area contributed by atoms with Crippen molar-refractivity contribution in [2.75, 3.05) is 57.4 Å². The number of methoxy groups -OCH3 is 1. The zero-order chi connectivity index (χ0) is 32.4. The maximum Gasteiger partial charge on any atom is 0.323 e. The third kappa shape index (κ3) is 10.1. The van der Waals surface area contributed by atoms with Gasteiger partial charge in [-0.15, -0.1) is 0 Å². The van der Waals surface area contributed by atoms with Crippen LogP contribution >= 0.6 is 0 Å². The summed E-state index contributed by atoms with van der Waals surface area (Å²) in [6.45, 7) is 6.03. The second-order valence-corrected chi connectivity index (χ2v) is 13.5. The summed E-state index contributed by atoms with van der Waals surface area (Å²) in [5.74, 6) is 0.353. The number of likely N-dealkylation sites (N-methyl/N-ethyl adjacent to an activating group) is 1. The number of sulfonamides is 1. The summed E-state index contributed by atoms with van der Waals surface area (Å²) in [4.78, 5) is 28.5. The number of benzene rings is 2. The van der Waals surface area contributed by atoms with Gasteiger partial charge < -0.3 is 34.9 Å². The molecule has 4 atom stereocenters. The van der Waals surface area contributed by atoms with Crippen LogP contribution in [0.15, 0.2) is 42.5 Å². The molecule has 0 aromatic heterocycles. The van der Waals surface area contributed by atoms with Gasteiger partial charge in [-0.05, 0) is 75.6 Å². The van der Waals surface area contributed by atoms with Crippen molar-refractivity contribution in [3.63, 3.8) is 0 Å². The first-order valence-corrected chi connectivity index (χ1v) is 16.6. The largest absolute Gasteiger partial charge is 0.497 e. The molecule has 0 saturated heterocycles. The monoisotopic (exact) mass is 634 g/mol. The molecule has 0 fully saturated rings. The van der Waals surface area contributed by atoms with Crippen molar-refractivity contribution in [2.45, 2.75) is 58.3 Å². The van der Waals surface area contributed by atoms with E-state index in [9.17, 15) is 23.1 Å². The number of aliphatic hydroxyl groups excluding tert-OH is 1. The Bertz CT molecular complexity index is 1350. The number of hydrogen-bond donors (Lipinski definition) is 3. The van der Waals surface area contributed by atoms with Gasteiger partial charge in [0.25, 0.3) is 5.91 Å². The number of nitrogens with one attached hydrogen (secondary N) is 2. The smallest absolute Gasteiger partial charge is 0.323 e. The van der Waals surface area contributed by atoms with Crippen LogP contribution < -0.4 is 20.1 Å². The van der Waals surface area contributed by atoms with Gasteiger partial charge in [-0.3, -0.25) is 4.79 Å². The van der Waals surface area contributed by atoms with Crippen LogP contribution in [-0.4, -0.2) is 99.6 Å². The van der Waals surface area contributed by atoms with Gasteiger partial charge in [0.05, 0.1) is 43.8 Å². The minimum absolute atomic E-state index is 0.128. The standard InChI is InChI=1S/C31H46N4O8S/c1-21-18-35(22(2)20-36)30(37)27-17-25(33-31(38)32-24-10-13-26(41-5)14-11-24)12-15-28(27)43-23(3)9-7-8-16-42-29(21)19-34(4)44(6,39)40/h10-15,17,21-23,29,36H,7-9,16,18-20H2,1-6H3,(H2,32,33,38)/t21-,22-,23+,29+/m1/s1. The van der Waals surface area contributed by atoms with Gasteiger partial charge in [-0.1, -0.05) is 6.92 Å². The molecule has 3 rings (SSSR count). The van der Waals surface area contributed by atoms with Gasteiger partial charge in [0, 0.05) is 44.0 Å². The molecule has 244 valence electrons. The number of carbonyl (C=O) groups is 2. The van der Waals surface area contributed by atoms with E-state index >= 15 is 0 Å². The fourth-order valence-corrected chi connectivity index (χ4v) is 5.24. The molecule has 0 radical (unpaired) electrons. The van der Waals surface area contributed by atoms with E-state index in [1.54, 1.807) is 61.4 Å². The van der Waals surface area contributed by atoms with E-state index in [1.807, 2.05) is 13.8 Å². The molecule has 3 N–H and O–H groups in total. The molecule has 12 nitrogen and oxygen atoms in total. The van der Waals surface area contributed by atoms with Crippen LogP contribution in [0.3, 0.4) is 0 Å². The molecule has 3 amide bonds. The molecule has 0 unspecified atom stereocenters. The summed E-state index contributed by atoms with van der Waals surface area (Å²) in [7, 11) is -0.382. The van der Waals surface area contributed by atoms with Crippen LogP contribution in [-0.2, 0) is 14.8 Å². The molecule has 2 aromatic carbocycles. The van der Waals surface area contributed by atoms with Crippen LogP contribution in [0.25, 0.3) is 0 Å². The number of hydrogen-bond acceptors (Lipinski definition) is 8. The summed E-state index contributed by atoms with van der Waals surface area (Å²) in [5.41, 5.74) is 1.17. The van der Waals surface area contributed by atoms with E-state index in [0.717, 1.165) is 19.1 Å². The third-order valence-electron chi connectivity index (χ3n) is 7.66. The molecule has 44 heavy (non-hydrogen) atoms. The number of aliphatic hydroxyl groups is 1. The van der Waals surface area contributed by atoms with E-state index in [0.29, 0.717) is 35.9 Å². The zero-order valence-electron chi connectivity index (χ0n) is 26.4. The lowest BCUT2D eigenvalue weighted by atomic mass is 10.0. The van der Waals surface area contributed by atoms with E-state index in [4.69, 9.17) is 14.2 Å². The predicted octanol–water partition coefficient (Wildman–Crippen LogP) is 4.03. The Labute approximate surface area is 260 Å². The second kappa shape index (κ2) is 16.1. The van der Waals surface area contributed by atoms with Crippen molar-refractivity contribution in [3.05, 3.63) is 48.0 Å². The Morgan fingerprint density at radius 2 is 1.80 bits per heavy atom. The molecular formula is C31H46N4O8S. The first-order chi connectivity index (χ1) is 20.8. The SMILES string of the molecule is COc1ccc(NC(=O)Nc2ccc3c(c2)C(=O)N([C@H](C)CO)C[C@@H](C)[C@H](CN(C)S(C)(=O)=O)OCCCC[C@H](C)O3)cc1. The van der Waals surface area contributed by atoms with Crippen LogP contribution in [0.1, 0.15) is 50.4 Å². The molecule has 0 bridgehead atoms. The van der Waals surface area contributed by atoms with Gasteiger partial charge >= 0.3 is 6.03 Å². The molecule has 1 aliphatic rings. The highest BCUT2D eigenvalue weighted by atomic mass is 32.2. The highest BCUT2D eigenvalue weighted by Crippen LogP contribution is 2.29. The molecule has 0 aliphatic carbocycles. The summed E-state index contributed by atoms with van der Waals surface area (Å²) >= 11 is 0. The van der Waals surface area contributed by atoms with E-state index in [-0.39, 0.29) is 37.3 Å². The highest BCUT2D eigenvalue weighted by molar-refractivity contribution is 7.88. The Morgan fingerprint density at radius 3 is 2.43 bits per heavy atom. The second-order valence-electron chi connectivity index (χ2n) is 11.4. The van der Waals surface area contributed by atoms with E-state index in [1.165, 1.54) is 11.4 Å². The summed E-state index contributed by atoms with van der Waals surface area (Å²) in [6, 6.07) is 10.7. The number of nitrogens with zero attached hydrogens (tertiary/aromatic N) is 2. The molecular weight excluding hydrogens is 588 g/mol. The molecule has 2 aromatic rings. The average Bonchev–Trinajstić information content (AvgIpc) is 2.98. The molecule has 0 spiro atoms. The number of anilines is 2. The first-order valence-electron chi connectivity index (χ1n) is 14.8. The Balaban J connectivity index is 1.93. The number of rotatable bonds is 8. The average molecular weight is 635 g/mol. The molecule has 13 heteroatoms. The Kier molecular flexibility index (Phi) is 12.8. The minimum atomic E-state index is -3.45. The molecule has 1 aliphatic heterocycles. The number of carbonyl (C=O) groups excluding carboxylic acids is 2. The van der Waals surface area contributed by atoms with Crippen molar-refractivity contribution in [3.8, 4) is 11.5 Å². The van der Waals surface area contributed by atoms with Crippen molar-refractivity contribution in [1.82, 2.24) is 9.21 Å². The van der Waals surface area contributed by atoms with Gasteiger partial charge in [-0.25, -0.2) is 17.5 Å². The van der Waals surface area contributed by atoms with Gasteiger partial charge in [0.1, 0.15) is 11.5 Å². The van der Waals surface area contributed by atoms with Crippen molar-refractivity contribution >= 4 is 33.3 Å². The fraction of sp³-hybridized carbons (Fsp3) is 0.548. The zero-order valence-corrected chi connectivity index (χ0v) is 27.2. The van der Waals surface area contributed by atoms with Crippen LogP contribution in [0, 0.1) is 5.92 Å². The number of fused-ring (bicyclic) bond motifs is 1. The van der Waals surface area contributed by atoms with Gasteiger partial charge in [-0.2, -0.15) is 0 Å². The quantitative estimate of drug-likeness (QED) is 0.395. The maximum absolute atomic E-state index is 14.2. The third-order valence-corrected chi connectivity index (χ3v) is 8.94. The van der Waals surface area contributed by atoms with Crippen molar-refractivity contribution in [2.24, 2.45) is 5.92 Å². The van der Waals surface area contributed by atoms with E-state index < -0.39 is 34.1 Å². The van der Waals surface area contributed by atoms with Crippen molar-refractivity contribution in [1.29, 1.82) is 0 Å². The molecule has 0 saturated carbocycles. The van der Waals surface area contributed by atoms with Crippen LogP contribution in [0.4, 0.5) is 16.2 Å². The summed E-state index contributed by atoms with van der Waals surface area (Å²) < 4.78 is 43.2. The minimum Gasteiger partial charge on any atom is -0.497 e. The lowest BCUT2D eigenvalue weighted by molar-refractivity contribution is -0.00828. The Morgan fingerprint density at radius 1 is 1.14 bits per heavy atom. The van der Waals surface area contributed by atoms with E-state index in [2.05, 4.69) is 10.6 Å². The van der Waals surface area contributed by atoms with Crippen LogP contribution in [0.5, 0.6) is 11.5 Å². The first kappa shape index (κ1) is 35.1.